The largest absolute Gasteiger partial charge is 0.506 e. The van der Waals surface area contributed by atoms with Crippen molar-refractivity contribution in [2.24, 2.45) is 0 Å². The average molecular weight is 219 g/mol. The van der Waals surface area contributed by atoms with Crippen LogP contribution in [0.4, 0.5) is 0 Å². The molecule has 0 bridgehead atoms. The summed E-state index contributed by atoms with van der Waals surface area (Å²) in [6.45, 7) is 3.74. The molecule has 0 unspecified atom stereocenters. The highest BCUT2D eigenvalue weighted by Gasteiger charge is 2.12. The van der Waals surface area contributed by atoms with E-state index in [1.165, 1.54) is 6.07 Å². The Morgan fingerprint density at radius 1 is 1.56 bits per heavy atom. The fourth-order valence-electron chi connectivity index (χ4n) is 1.39. The van der Waals surface area contributed by atoms with Crippen LogP contribution in [0.3, 0.4) is 0 Å². The maximum atomic E-state index is 11.3. The molecule has 1 N–H and O–H groups in total. The Morgan fingerprint density at radius 3 is 2.81 bits per heavy atom. The van der Waals surface area contributed by atoms with Crippen molar-refractivity contribution in [3.8, 4) is 11.8 Å². The highest BCUT2D eigenvalue weighted by molar-refractivity contribution is 5.73. The van der Waals surface area contributed by atoms with Gasteiger partial charge in [-0.05, 0) is 31.0 Å². The number of phenolic OH excluding ortho intramolecular Hbond substituents is 1. The van der Waals surface area contributed by atoms with Crippen LogP contribution in [0, 0.1) is 18.3 Å². The number of aromatic hydroxyl groups is 1. The number of nitriles is 1. The van der Waals surface area contributed by atoms with Crippen molar-refractivity contribution in [1.29, 1.82) is 5.26 Å². The molecule has 16 heavy (non-hydrogen) atoms. The minimum Gasteiger partial charge on any atom is -0.506 e. The lowest BCUT2D eigenvalue weighted by Crippen LogP contribution is -2.08. The van der Waals surface area contributed by atoms with Gasteiger partial charge in [0, 0.05) is 0 Å². The maximum Gasteiger partial charge on any atom is 0.310 e. The topological polar surface area (TPSA) is 70.3 Å². The summed E-state index contributed by atoms with van der Waals surface area (Å²) in [4.78, 5) is 11.3. The summed E-state index contributed by atoms with van der Waals surface area (Å²) < 4.78 is 4.81. The van der Waals surface area contributed by atoms with Crippen LogP contribution in [-0.2, 0) is 16.0 Å². The standard InChI is InChI=1S/C12H13NO3/c1-3-16-11(14)6-9-4-5-10(7-13)12(15)8(9)2/h4-5,15H,3,6H2,1-2H3. The fraction of sp³-hybridized carbons (Fsp3) is 0.333. The Labute approximate surface area is 94.1 Å². The predicted molar refractivity (Wildman–Crippen MR) is 57.9 cm³/mol. The molecule has 4 nitrogen and oxygen atoms in total. The third-order valence-electron chi connectivity index (χ3n) is 2.30. The first-order valence-corrected chi connectivity index (χ1v) is 4.97. The van der Waals surface area contributed by atoms with Crippen LogP contribution >= 0.6 is 0 Å². The summed E-state index contributed by atoms with van der Waals surface area (Å²) in [5.41, 5.74) is 1.44. The van der Waals surface area contributed by atoms with E-state index in [1.54, 1.807) is 19.9 Å². The molecule has 0 saturated carbocycles. The van der Waals surface area contributed by atoms with Crippen molar-refractivity contribution in [3.63, 3.8) is 0 Å². The number of phenols is 1. The molecule has 1 aromatic rings. The first kappa shape index (κ1) is 12.1. The molecule has 1 aromatic carbocycles. The summed E-state index contributed by atoms with van der Waals surface area (Å²) in [5, 5.41) is 18.3. The molecule has 0 aliphatic carbocycles. The van der Waals surface area contributed by atoms with Gasteiger partial charge >= 0.3 is 5.97 Å². The molecule has 0 saturated heterocycles. The number of carbonyl (C=O) groups is 1. The van der Waals surface area contributed by atoms with Crippen LogP contribution in [0.25, 0.3) is 0 Å². The molecule has 0 radical (unpaired) electrons. The molecule has 0 aromatic heterocycles. The summed E-state index contributed by atoms with van der Waals surface area (Å²) in [6, 6.07) is 5.03. The molecule has 0 heterocycles. The number of carbonyl (C=O) groups excluding carboxylic acids is 1. The van der Waals surface area contributed by atoms with Gasteiger partial charge in [-0.1, -0.05) is 6.07 Å². The van der Waals surface area contributed by atoms with Crippen LogP contribution in [0.15, 0.2) is 12.1 Å². The summed E-state index contributed by atoms with van der Waals surface area (Å²) in [6.07, 6.45) is 0.110. The Balaban J connectivity index is 2.96. The number of ether oxygens (including phenoxy) is 1. The summed E-state index contributed by atoms with van der Waals surface area (Å²) >= 11 is 0. The van der Waals surface area contributed by atoms with Gasteiger partial charge in [0.1, 0.15) is 11.8 Å². The normalized spacial score (nSPS) is 9.56. The molecule has 0 atom stereocenters. The van der Waals surface area contributed by atoms with Gasteiger partial charge in [0.2, 0.25) is 0 Å². The molecule has 0 aliphatic rings. The Kier molecular flexibility index (Phi) is 3.90. The van der Waals surface area contributed by atoms with Crippen molar-refractivity contribution in [2.45, 2.75) is 20.3 Å². The average Bonchev–Trinajstić information content (AvgIpc) is 2.25. The lowest BCUT2D eigenvalue weighted by atomic mass is 10.0. The zero-order chi connectivity index (χ0) is 12.1. The highest BCUT2D eigenvalue weighted by Crippen LogP contribution is 2.25. The minimum absolute atomic E-state index is 0.0655. The smallest absolute Gasteiger partial charge is 0.310 e. The van der Waals surface area contributed by atoms with Crippen LogP contribution in [0.5, 0.6) is 5.75 Å². The lowest BCUT2D eigenvalue weighted by Gasteiger charge is -2.08. The highest BCUT2D eigenvalue weighted by atomic mass is 16.5. The van der Waals surface area contributed by atoms with Crippen molar-refractivity contribution >= 4 is 5.97 Å². The van der Waals surface area contributed by atoms with E-state index < -0.39 is 0 Å². The molecule has 0 spiro atoms. The molecular weight excluding hydrogens is 206 g/mol. The Hall–Kier alpha value is -2.02. The number of hydrogen-bond donors (Lipinski definition) is 1. The second kappa shape index (κ2) is 5.17. The first-order valence-electron chi connectivity index (χ1n) is 4.97. The van der Waals surface area contributed by atoms with Crippen LogP contribution in [-0.4, -0.2) is 17.7 Å². The van der Waals surface area contributed by atoms with E-state index in [0.717, 1.165) is 0 Å². The van der Waals surface area contributed by atoms with E-state index in [2.05, 4.69) is 0 Å². The van der Waals surface area contributed by atoms with E-state index in [4.69, 9.17) is 10.00 Å². The molecular formula is C12H13NO3. The quantitative estimate of drug-likeness (QED) is 0.785. The molecule has 1 rings (SSSR count). The number of benzene rings is 1. The van der Waals surface area contributed by atoms with Gasteiger partial charge in [0.25, 0.3) is 0 Å². The second-order valence-corrected chi connectivity index (χ2v) is 3.34. The van der Waals surface area contributed by atoms with Crippen LogP contribution in [0.2, 0.25) is 0 Å². The van der Waals surface area contributed by atoms with Gasteiger partial charge in [0.05, 0.1) is 18.6 Å². The van der Waals surface area contributed by atoms with E-state index in [0.29, 0.717) is 17.7 Å². The van der Waals surface area contributed by atoms with Gasteiger partial charge in [-0.15, -0.1) is 0 Å². The van der Waals surface area contributed by atoms with Crippen molar-refractivity contribution < 1.29 is 14.6 Å². The van der Waals surface area contributed by atoms with E-state index >= 15 is 0 Å². The first-order chi connectivity index (χ1) is 7.60. The van der Waals surface area contributed by atoms with Crippen molar-refractivity contribution in [1.82, 2.24) is 0 Å². The van der Waals surface area contributed by atoms with Crippen molar-refractivity contribution in [2.75, 3.05) is 6.61 Å². The van der Waals surface area contributed by atoms with Crippen molar-refractivity contribution in [3.05, 3.63) is 28.8 Å². The molecule has 0 aliphatic heterocycles. The molecule has 0 fully saturated rings. The zero-order valence-corrected chi connectivity index (χ0v) is 9.28. The zero-order valence-electron chi connectivity index (χ0n) is 9.28. The maximum absolute atomic E-state index is 11.3. The Bertz CT molecular complexity index is 446. The van der Waals surface area contributed by atoms with Gasteiger partial charge in [-0.25, -0.2) is 0 Å². The molecule has 0 amide bonds. The Morgan fingerprint density at radius 2 is 2.25 bits per heavy atom. The van der Waals surface area contributed by atoms with Gasteiger partial charge < -0.3 is 9.84 Å². The van der Waals surface area contributed by atoms with E-state index in [-0.39, 0.29) is 23.7 Å². The third-order valence-corrected chi connectivity index (χ3v) is 2.30. The van der Waals surface area contributed by atoms with Gasteiger partial charge in [-0.2, -0.15) is 5.26 Å². The SMILES string of the molecule is CCOC(=O)Cc1ccc(C#N)c(O)c1C. The minimum atomic E-state index is -0.338. The lowest BCUT2D eigenvalue weighted by molar-refractivity contribution is -0.142. The predicted octanol–water partition coefficient (Wildman–Crippen LogP) is 1.68. The second-order valence-electron chi connectivity index (χ2n) is 3.34. The summed E-state index contributed by atoms with van der Waals surface area (Å²) in [7, 11) is 0. The fourth-order valence-corrected chi connectivity index (χ4v) is 1.39. The van der Waals surface area contributed by atoms with E-state index in [9.17, 15) is 9.90 Å². The van der Waals surface area contributed by atoms with E-state index in [1.807, 2.05) is 6.07 Å². The molecule has 4 heteroatoms. The van der Waals surface area contributed by atoms with Crippen LogP contribution in [0.1, 0.15) is 23.6 Å². The number of rotatable bonds is 3. The number of nitrogens with zero attached hydrogens (tertiary/aromatic N) is 1. The summed E-state index contributed by atoms with van der Waals surface area (Å²) in [5.74, 6) is -0.404. The van der Waals surface area contributed by atoms with Gasteiger partial charge in [-0.3, -0.25) is 4.79 Å². The number of hydrogen-bond acceptors (Lipinski definition) is 4. The number of esters is 1. The van der Waals surface area contributed by atoms with Gasteiger partial charge in [0.15, 0.2) is 0 Å². The van der Waals surface area contributed by atoms with Crippen LogP contribution < -0.4 is 0 Å². The monoisotopic (exact) mass is 219 g/mol. The molecule has 84 valence electrons. The third kappa shape index (κ3) is 2.51.